The number of hydrogen-bond acceptors (Lipinski definition) is 4. The fourth-order valence-electron chi connectivity index (χ4n) is 3.60. The first-order valence-electron chi connectivity index (χ1n) is 9.15. The predicted octanol–water partition coefficient (Wildman–Crippen LogP) is 4.70. The molecule has 0 amide bonds. The maximum atomic E-state index is 9.82. The molecule has 2 heterocycles. The van der Waals surface area contributed by atoms with Gasteiger partial charge in [-0.25, -0.2) is 4.68 Å². The summed E-state index contributed by atoms with van der Waals surface area (Å²) in [6.45, 7) is 2.09. The van der Waals surface area contributed by atoms with Crippen LogP contribution in [0.4, 0.5) is 0 Å². The standard InChI is InChI=1S/C22H19ClN4O/c1-2-8-18-20-19(15-11-6-7-12-17(15)23)16(13-24)21(25)28-22(20)27(26-18)14-9-4-3-5-10-14/h3-7,9-12,19H,2,8,25H2,1H3/t19-/m0/s1. The molecule has 3 aromatic rings. The Morgan fingerprint density at radius 3 is 2.57 bits per heavy atom. The second kappa shape index (κ2) is 7.41. The Bertz CT molecular complexity index is 1100. The molecule has 140 valence electrons. The van der Waals surface area contributed by atoms with Crippen molar-refractivity contribution in [2.75, 3.05) is 0 Å². The molecule has 0 aliphatic carbocycles. The van der Waals surface area contributed by atoms with Gasteiger partial charge < -0.3 is 10.5 Å². The summed E-state index contributed by atoms with van der Waals surface area (Å²) in [5.74, 6) is 0.206. The van der Waals surface area contributed by atoms with Crippen molar-refractivity contribution < 1.29 is 4.74 Å². The number of nitrogens with zero attached hydrogens (tertiary/aromatic N) is 3. The molecule has 1 aliphatic heterocycles. The number of para-hydroxylation sites is 1. The van der Waals surface area contributed by atoms with E-state index in [-0.39, 0.29) is 5.88 Å². The Morgan fingerprint density at radius 2 is 1.89 bits per heavy atom. The van der Waals surface area contributed by atoms with Crippen LogP contribution < -0.4 is 10.5 Å². The van der Waals surface area contributed by atoms with Crippen molar-refractivity contribution in [2.24, 2.45) is 5.73 Å². The van der Waals surface area contributed by atoms with Crippen LogP contribution in [0.5, 0.6) is 5.88 Å². The van der Waals surface area contributed by atoms with Gasteiger partial charge >= 0.3 is 0 Å². The third-order valence-electron chi connectivity index (χ3n) is 4.83. The van der Waals surface area contributed by atoms with Crippen LogP contribution in [-0.4, -0.2) is 9.78 Å². The molecule has 1 aliphatic rings. The molecule has 5 nitrogen and oxygen atoms in total. The van der Waals surface area contributed by atoms with E-state index in [1.54, 1.807) is 4.68 Å². The maximum Gasteiger partial charge on any atom is 0.229 e. The molecule has 0 bridgehead atoms. The van der Waals surface area contributed by atoms with Crippen LogP contribution in [-0.2, 0) is 6.42 Å². The van der Waals surface area contributed by atoms with Gasteiger partial charge in [-0.1, -0.05) is 61.3 Å². The summed E-state index contributed by atoms with van der Waals surface area (Å²) in [6.07, 6.45) is 1.67. The largest absolute Gasteiger partial charge is 0.422 e. The van der Waals surface area contributed by atoms with Gasteiger partial charge in [0, 0.05) is 5.02 Å². The molecule has 0 spiro atoms. The highest BCUT2D eigenvalue weighted by atomic mass is 35.5. The molecule has 28 heavy (non-hydrogen) atoms. The van der Waals surface area contributed by atoms with E-state index in [1.165, 1.54) is 0 Å². The Labute approximate surface area is 168 Å². The van der Waals surface area contributed by atoms with Crippen LogP contribution in [0.15, 0.2) is 66.1 Å². The highest BCUT2D eigenvalue weighted by Gasteiger charge is 2.37. The van der Waals surface area contributed by atoms with E-state index in [9.17, 15) is 5.26 Å². The summed E-state index contributed by atoms with van der Waals surface area (Å²) in [5, 5.41) is 15.2. The number of rotatable bonds is 4. The van der Waals surface area contributed by atoms with Gasteiger partial charge in [-0.05, 0) is 30.2 Å². The quantitative estimate of drug-likeness (QED) is 0.700. The van der Waals surface area contributed by atoms with Crippen LogP contribution in [0.3, 0.4) is 0 Å². The smallest absolute Gasteiger partial charge is 0.229 e. The van der Waals surface area contributed by atoms with Crippen molar-refractivity contribution in [2.45, 2.75) is 25.7 Å². The van der Waals surface area contributed by atoms with E-state index in [2.05, 4.69) is 13.0 Å². The Morgan fingerprint density at radius 1 is 1.18 bits per heavy atom. The van der Waals surface area contributed by atoms with Crippen molar-refractivity contribution in [3.05, 3.63) is 87.9 Å². The number of allylic oxidation sites excluding steroid dienone is 1. The van der Waals surface area contributed by atoms with E-state index < -0.39 is 5.92 Å². The summed E-state index contributed by atoms with van der Waals surface area (Å²) in [5.41, 5.74) is 9.93. The van der Waals surface area contributed by atoms with Crippen molar-refractivity contribution in [1.82, 2.24) is 9.78 Å². The minimum Gasteiger partial charge on any atom is -0.422 e. The van der Waals surface area contributed by atoms with Gasteiger partial charge in [0.15, 0.2) is 0 Å². The summed E-state index contributed by atoms with van der Waals surface area (Å²) in [7, 11) is 0. The van der Waals surface area contributed by atoms with Gasteiger partial charge in [0.05, 0.1) is 22.9 Å². The van der Waals surface area contributed by atoms with Crippen LogP contribution in [0.25, 0.3) is 5.69 Å². The highest BCUT2D eigenvalue weighted by molar-refractivity contribution is 6.31. The molecule has 1 atom stereocenters. The molecule has 0 unspecified atom stereocenters. The average Bonchev–Trinajstić information content (AvgIpc) is 3.06. The summed E-state index contributed by atoms with van der Waals surface area (Å²) >= 11 is 6.51. The zero-order valence-electron chi connectivity index (χ0n) is 15.4. The van der Waals surface area contributed by atoms with Crippen LogP contribution in [0.2, 0.25) is 5.02 Å². The second-order valence-corrected chi connectivity index (χ2v) is 7.02. The van der Waals surface area contributed by atoms with E-state index in [4.69, 9.17) is 27.2 Å². The topological polar surface area (TPSA) is 76.9 Å². The summed E-state index contributed by atoms with van der Waals surface area (Å²) in [4.78, 5) is 0. The maximum absolute atomic E-state index is 9.82. The molecular formula is C22H19ClN4O. The minimum absolute atomic E-state index is 0.0834. The molecular weight excluding hydrogens is 372 g/mol. The first kappa shape index (κ1) is 18.1. The summed E-state index contributed by atoms with van der Waals surface area (Å²) in [6, 6.07) is 19.5. The second-order valence-electron chi connectivity index (χ2n) is 6.61. The monoisotopic (exact) mass is 390 g/mol. The highest BCUT2D eigenvalue weighted by Crippen LogP contribution is 2.46. The van der Waals surface area contributed by atoms with Crippen LogP contribution in [0, 0.1) is 11.3 Å². The molecule has 2 aromatic carbocycles. The number of ether oxygens (including phenoxy) is 1. The van der Waals surface area contributed by atoms with Crippen molar-refractivity contribution in [3.63, 3.8) is 0 Å². The number of aromatic nitrogens is 2. The Balaban J connectivity index is 2.01. The van der Waals surface area contributed by atoms with Gasteiger partial charge in [-0.2, -0.15) is 10.4 Å². The fourth-order valence-corrected chi connectivity index (χ4v) is 3.84. The number of aryl methyl sites for hydroxylation is 1. The molecule has 1 aromatic heterocycles. The van der Waals surface area contributed by atoms with Crippen LogP contribution in [0.1, 0.15) is 36.1 Å². The molecule has 4 rings (SSSR count). The molecule has 0 fully saturated rings. The summed E-state index contributed by atoms with van der Waals surface area (Å²) < 4.78 is 7.69. The molecule has 0 saturated carbocycles. The number of halogens is 1. The van der Waals surface area contributed by atoms with E-state index in [1.807, 2.05) is 54.6 Å². The van der Waals surface area contributed by atoms with E-state index in [0.29, 0.717) is 16.5 Å². The zero-order valence-corrected chi connectivity index (χ0v) is 16.1. The third kappa shape index (κ3) is 2.92. The lowest BCUT2D eigenvalue weighted by Crippen LogP contribution is -2.22. The van der Waals surface area contributed by atoms with Crippen molar-refractivity contribution >= 4 is 11.6 Å². The Kier molecular flexibility index (Phi) is 4.81. The van der Waals surface area contributed by atoms with Gasteiger partial charge in [0.1, 0.15) is 11.6 Å². The normalized spacial score (nSPS) is 15.7. The molecule has 0 radical (unpaired) electrons. The van der Waals surface area contributed by atoms with Gasteiger partial charge in [0.25, 0.3) is 0 Å². The molecule has 6 heteroatoms. The lowest BCUT2D eigenvalue weighted by atomic mass is 9.83. The Hall–Kier alpha value is -3.23. The first-order chi connectivity index (χ1) is 13.7. The lowest BCUT2D eigenvalue weighted by Gasteiger charge is -2.25. The number of nitriles is 1. The fraction of sp³-hybridized carbons (Fsp3) is 0.182. The van der Waals surface area contributed by atoms with Gasteiger partial charge in [0.2, 0.25) is 11.8 Å². The number of hydrogen-bond donors (Lipinski definition) is 1. The van der Waals surface area contributed by atoms with E-state index >= 15 is 0 Å². The third-order valence-corrected chi connectivity index (χ3v) is 5.17. The van der Waals surface area contributed by atoms with Gasteiger partial charge in [-0.15, -0.1) is 0 Å². The van der Waals surface area contributed by atoms with E-state index in [0.717, 1.165) is 35.3 Å². The number of fused-ring (bicyclic) bond motifs is 1. The SMILES string of the molecule is CCCc1nn(-c2ccccc2)c2c1[C@@H](c1ccccc1Cl)C(C#N)=C(N)O2. The number of nitrogens with two attached hydrogens (primary N) is 1. The van der Waals surface area contributed by atoms with Crippen molar-refractivity contribution in [3.8, 4) is 17.6 Å². The predicted molar refractivity (Wildman–Crippen MR) is 108 cm³/mol. The minimum atomic E-state index is -0.415. The van der Waals surface area contributed by atoms with Crippen LogP contribution >= 0.6 is 11.6 Å². The van der Waals surface area contributed by atoms with Crippen molar-refractivity contribution in [1.29, 1.82) is 5.26 Å². The van der Waals surface area contributed by atoms with Gasteiger partial charge in [-0.3, -0.25) is 0 Å². The number of benzene rings is 2. The first-order valence-corrected chi connectivity index (χ1v) is 9.52. The zero-order chi connectivity index (χ0) is 19.7. The lowest BCUT2D eigenvalue weighted by molar-refractivity contribution is 0.367. The molecule has 2 N–H and O–H groups in total. The molecule has 0 saturated heterocycles. The average molecular weight is 391 g/mol.